The largest absolute Gasteiger partial charge is 0.478 e. The minimum atomic E-state index is -1.33. The molecule has 0 atom stereocenters. The Kier molecular flexibility index (Phi) is 5.82. The highest BCUT2D eigenvalue weighted by atomic mass is 16.5. The van der Waals surface area contributed by atoms with Crippen LogP contribution in [0.1, 0.15) is 43.0 Å². The first kappa shape index (κ1) is 21.4. The smallest absolute Gasteiger partial charge is 0.350 e. The first-order valence-corrected chi connectivity index (χ1v) is 9.88. The van der Waals surface area contributed by atoms with Crippen LogP contribution in [0.5, 0.6) is 5.75 Å². The van der Waals surface area contributed by atoms with Crippen LogP contribution in [0.4, 0.5) is 0 Å². The minimum Gasteiger partial charge on any atom is -0.478 e. The van der Waals surface area contributed by atoms with Crippen molar-refractivity contribution in [2.75, 3.05) is 0 Å². The molecule has 7 heteroatoms. The maximum Gasteiger partial charge on any atom is 0.350 e. The molecule has 0 aliphatic rings. The number of aliphatic carboxylic acids is 1. The van der Waals surface area contributed by atoms with Gasteiger partial charge in [-0.25, -0.2) is 9.59 Å². The summed E-state index contributed by atoms with van der Waals surface area (Å²) >= 11 is 0. The normalized spacial score (nSPS) is 11.5. The third-order valence-electron chi connectivity index (χ3n) is 5.07. The van der Waals surface area contributed by atoms with Crippen molar-refractivity contribution in [3.63, 3.8) is 0 Å². The summed E-state index contributed by atoms with van der Waals surface area (Å²) in [7, 11) is 0. The zero-order chi connectivity index (χ0) is 22.1. The summed E-state index contributed by atoms with van der Waals surface area (Å²) in [5.74, 6) is -0.485. The van der Waals surface area contributed by atoms with Gasteiger partial charge in [-0.1, -0.05) is 31.2 Å². The van der Waals surface area contributed by atoms with Gasteiger partial charge < -0.3 is 9.84 Å². The van der Waals surface area contributed by atoms with E-state index in [1.54, 1.807) is 4.57 Å². The molecule has 0 saturated heterocycles. The van der Waals surface area contributed by atoms with Gasteiger partial charge in [0.25, 0.3) is 0 Å². The van der Waals surface area contributed by atoms with Crippen LogP contribution in [0.15, 0.2) is 47.5 Å². The molecule has 3 rings (SSSR count). The second-order valence-electron chi connectivity index (χ2n) is 7.95. The molecule has 30 heavy (non-hydrogen) atoms. The number of aromatic nitrogens is 3. The van der Waals surface area contributed by atoms with Crippen molar-refractivity contribution in [3.8, 4) is 11.4 Å². The maximum atomic E-state index is 12.8. The van der Waals surface area contributed by atoms with Gasteiger partial charge in [0.05, 0.1) is 12.2 Å². The molecule has 1 N–H and O–H groups in total. The molecular formula is C23H27N3O4. The number of hydrogen-bond donors (Lipinski definition) is 1. The summed E-state index contributed by atoms with van der Waals surface area (Å²) in [6.07, 6.45) is 2.46. The molecule has 0 radical (unpaired) electrons. The minimum absolute atomic E-state index is 0.220. The summed E-state index contributed by atoms with van der Waals surface area (Å²) in [5.41, 5.74) is 2.91. The van der Waals surface area contributed by atoms with E-state index in [-0.39, 0.29) is 5.69 Å². The summed E-state index contributed by atoms with van der Waals surface area (Å²) < 4.78 is 8.68. The molecule has 2 aromatic carbocycles. The Balaban J connectivity index is 1.86. The molecule has 0 saturated carbocycles. The van der Waals surface area contributed by atoms with Gasteiger partial charge in [0, 0.05) is 0 Å². The Hall–Kier alpha value is -3.35. The van der Waals surface area contributed by atoms with Crippen molar-refractivity contribution < 1.29 is 14.6 Å². The molecular weight excluding hydrogens is 382 g/mol. The molecule has 3 aromatic rings. The second-order valence-corrected chi connectivity index (χ2v) is 7.95. The van der Waals surface area contributed by atoms with Crippen LogP contribution in [-0.4, -0.2) is 31.0 Å². The van der Waals surface area contributed by atoms with Gasteiger partial charge >= 0.3 is 11.7 Å². The van der Waals surface area contributed by atoms with Gasteiger partial charge in [0.15, 0.2) is 5.60 Å². The van der Waals surface area contributed by atoms with Crippen molar-refractivity contribution in [2.24, 2.45) is 0 Å². The van der Waals surface area contributed by atoms with Crippen LogP contribution in [0.3, 0.4) is 0 Å². The van der Waals surface area contributed by atoms with Crippen molar-refractivity contribution in [1.29, 1.82) is 0 Å². The van der Waals surface area contributed by atoms with Gasteiger partial charge in [0.2, 0.25) is 0 Å². The standard InChI is InChI=1S/C23H27N3O4/c1-6-17-7-9-19(10-8-17)26-22(29)25(14-24-26)13-18-11-15(2)20(16(3)12-18)30-23(4,5)21(27)28/h7-12,14H,6,13H2,1-5H3,(H,27,28). The molecule has 7 nitrogen and oxygen atoms in total. The highest BCUT2D eigenvalue weighted by Crippen LogP contribution is 2.29. The van der Waals surface area contributed by atoms with E-state index in [0.717, 1.165) is 28.8 Å². The molecule has 0 amide bonds. The molecule has 0 aliphatic heterocycles. The van der Waals surface area contributed by atoms with Gasteiger partial charge in [-0.2, -0.15) is 9.78 Å². The molecule has 0 fully saturated rings. The Morgan fingerprint density at radius 1 is 1.10 bits per heavy atom. The monoisotopic (exact) mass is 409 g/mol. The zero-order valence-corrected chi connectivity index (χ0v) is 18.0. The van der Waals surface area contributed by atoms with E-state index in [2.05, 4.69) is 12.0 Å². The first-order chi connectivity index (χ1) is 14.1. The molecule has 0 spiro atoms. The third-order valence-corrected chi connectivity index (χ3v) is 5.07. The average Bonchev–Trinajstić information content (AvgIpc) is 3.05. The Morgan fingerprint density at radius 2 is 1.70 bits per heavy atom. The van der Waals surface area contributed by atoms with Crippen molar-refractivity contribution in [3.05, 3.63) is 75.5 Å². The number of ether oxygens (including phenoxy) is 1. The number of benzene rings is 2. The quantitative estimate of drug-likeness (QED) is 0.645. The molecule has 158 valence electrons. The van der Waals surface area contributed by atoms with E-state index in [0.29, 0.717) is 12.3 Å². The Bertz CT molecular complexity index is 1100. The fraction of sp³-hybridized carbons (Fsp3) is 0.348. The van der Waals surface area contributed by atoms with E-state index in [4.69, 9.17) is 4.74 Å². The van der Waals surface area contributed by atoms with Crippen LogP contribution < -0.4 is 10.4 Å². The van der Waals surface area contributed by atoms with Crippen LogP contribution in [0.2, 0.25) is 0 Å². The summed E-state index contributed by atoms with van der Waals surface area (Å²) in [5, 5.41) is 13.6. The topological polar surface area (TPSA) is 86.3 Å². The van der Waals surface area contributed by atoms with Crippen LogP contribution in [0, 0.1) is 13.8 Å². The molecule has 0 bridgehead atoms. The lowest BCUT2D eigenvalue weighted by Gasteiger charge is -2.24. The Labute approximate surface area is 175 Å². The molecule has 1 heterocycles. The first-order valence-electron chi connectivity index (χ1n) is 9.88. The highest BCUT2D eigenvalue weighted by Gasteiger charge is 2.30. The van der Waals surface area contributed by atoms with Gasteiger partial charge in [0.1, 0.15) is 12.1 Å². The Morgan fingerprint density at radius 3 is 2.23 bits per heavy atom. The summed E-state index contributed by atoms with van der Waals surface area (Å²) in [6.45, 7) is 9.21. The molecule has 1 aromatic heterocycles. The summed E-state index contributed by atoms with van der Waals surface area (Å²) in [6, 6.07) is 11.6. The van der Waals surface area contributed by atoms with Gasteiger partial charge in [-0.15, -0.1) is 0 Å². The predicted octanol–water partition coefficient (Wildman–Crippen LogP) is 3.50. The third kappa shape index (κ3) is 4.30. The highest BCUT2D eigenvalue weighted by molar-refractivity contribution is 5.77. The van der Waals surface area contributed by atoms with Crippen LogP contribution >= 0.6 is 0 Å². The fourth-order valence-electron chi connectivity index (χ4n) is 3.28. The van der Waals surface area contributed by atoms with Crippen molar-refractivity contribution in [1.82, 2.24) is 14.3 Å². The molecule has 0 unspecified atom stereocenters. The lowest BCUT2D eigenvalue weighted by molar-refractivity contribution is -0.152. The van der Waals surface area contributed by atoms with E-state index in [1.807, 2.05) is 50.2 Å². The van der Waals surface area contributed by atoms with Crippen LogP contribution in [0.25, 0.3) is 5.69 Å². The van der Waals surface area contributed by atoms with Crippen molar-refractivity contribution in [2.45, 2.75) is 53.2 Å². The number of carbonyl (C=O) groups is 1. The zero-order valence-electron chi connectivity index (χ0n) is 18.0. The second kappa shape index (κ2) is 8.18. The van der Waals surface area contributed by atoms with E-state index >= 15 is 0 Å². The average molecular weight is 409 g/mol. The number of carboxylic acids is 1. The molecule has 0 aliphatic carbocycles. The number of rotatable bonds is 7. The number of aryl methyl sites for hydroxylation is 3. The van der Waals surface area contributed by atoms with E-state index < -0.39 is 11.6 Å². The SMILES string of the molecule is CCc1ccc(-n2ncn(Cc3cc(C)c(OC(C)(C)C(=O)O)c(C)c3)c2=O)cc1. The lowest BCUT2D eigenvalue weighted by Crippen LogP contribution is -2.38. The summed E-state index contributed by atoms with van der Waals surface area (Å²) in [4.78, 5) is 24.2. The van der Waals surface area contributed by atoms with Crippen LogP contribution in [-0.2, 0) is 17.8 Å². The number of carboxylic acid groups (broad SMARTS) is 1. The number of nitrogens with zero attached hydrogens (tertiary/aromatic N) is 3. The predicted molar refractivity (Wildman–Crippen MR) is 115 cm³/mol. The van der Waals surface area contributed by atoms with E-state index in [9.17, 15) is 14.7 Å². The lowest BCUT2D eigenvalue weighted by atomic mass is 10.0. The number of hydrogen-bond acceptors (Lipinski definition) is 4. The van der Waals surface area contributed by atoms with Gasteiger partial charge in [-0.3, -0.25) is 4.57 Å². The maximum absolute atomic E-state index is 12.8. The fourth-order valence-corrected chi connectivity index (χ4v) is 3.28. The van der Waals surface area contributed by atoms with E-state index in [1.165, 1.54) is 30.4 Å². The van der Waals surface area contributed by atoms with Crippen molar-refractivity contribution >= 4 is 5.97 Å². The van der Waals surface area contributed by atoms with Gasteiger partial charge in [-0.05, 0) is 68.5 Å².